The van der Waals surface area contributed by atoms with Crippen LogP contribution in [0, 0.1) is 0 Å². The number of anilines is 1. The summed E-state index contributed by atoms with van der Waals surface area (Å²) in [5, 5.41) is 22.4. The second-order valence-electron chi connectivity index (χ2n) is 5.84. The Bertz CT molecular complexity index is 855. The molecule has 1 aromatic heterocycles. The van der Waals surface area contributed by atoms with Crippen LogP contribution in [0.5, 0.6) is 0 Å². The lowest BCUT2D eigenvalue weighted by atomic mass is 10.1. The number of aliphatic imine (C=N–C) groups is 1. The number of carboxylic acids is 2. The third-order valence-corrected chi connectivity index (χ3v) is 3.93. The number of benzene rings is 1. The molecule has 0 spiro atoms. The van der Waals surface area contributed by atoms with Crippen LogP contribution in [0.25, 0.3) is 11.3 Å². The lowest BCUT2D eigenvalue weighted by Gasteiger charge is -2.14. The number of rotatable bonds is 7. The van der Waals surface area contributed by atoms with Gasteiger partial charge in [-0.2, -0.15) is 0 Å². The molecule has 0 saturated carbocycles. The highest BCUT2D eigenvalue weighted by Crippen LogP contribution is 2.28. The molecule has 0 atom stereocenters. The Labute approximate surface area is 163 Å². The summed E-state index contributed by atoms with van der Waals surface area (Å²) in [6.45, 7) is 5.74. The topological polar surface area (TPSA) is 116 Å². The van der Waals surface area contributed by atoms with E-state index in [1.165, 1.54) is 11.3 Å². The van der Waals surface area contributed by atoms with Crippen LogP contribution in [-0.4, -0.2) is 52.2 Å². The molecule has 8 nitrogen and oxygen atoms in total. The zero-order valence-electron chi connectivity index (χ0n) is 15.6. The maximum Gasteiger partial charge on any atom is 0.328 e. The molecule has 0 saturated heterocycles. The normalized spacial score (nSPS) is 12.7. The molecular weight excluding hydrogens is 360 g/mol. The van der Waals surface area contributed by atoms with Gasteiger partial charge in [-0.15, -0.1) is 0 Å². The molecule has 0 aliphatic carbocycles. The van der Waals surface area contributed by atoms with Gasteiger partial charge < -0.3 is 25.4 Å². The van der Waals surface area contributed by atoms with Gasteiger partial charge in [0.2, 0.25) is 0 Å². The first-order valence-corrected chi connectivity index (χ1v) is 8.90. The van der Waals surface area contributed by atoms with Gasteiger partial charge in [0.1, 0.15) is 5.84 Å². The number of aliphatic carboxylic acids is 2. The molecule has 1 aliphatic rings. The van der Waals surface area contributed by atoms with Gasteiger partial charge in [-0.05, 0) is 25.1 Å². The molecule has 2 heterocycles. The van der Waals surface area contributed by atoms with Gasteiger partial charge in [0.25, 0.3) is 0 Å². The van der Waals surface area contributed by atoms with E-state index in [-0.39, 0.29) is 0 Å². The van der Waals surface area contributed by atoms with Crippen molar-refractivity contribution in [1.29, 1.82) is 0 Å². The Morgan fingerprint density at radius 3 is 2.50 bits per heavy atom. The van der Waals surface area contributed by atoms with Crippen LogP contribution in [-0.2, 0) is 16.1 Å². The average Bonchev–Trinajstić information content (AvgIpc) is 3.37. The maximum atomic E-state index is 9.55. The molecule has 0 amide bonds. The highest BCUT2D eigenvalue weighted by molar-refractivity contribution is 5.90. The number of aryl methyl sites for hydroxylation is 1. The number of aromatic nitrogens is 1. The minimum Gasteiger partial charge on any atom is -0.478 e. The molecule has 1 aromatic carbocycles. The fourth-order valence-corrected chi connectivity index (χ4v) is 2.68. The molecule has 2 aromatic rings. The smallest absolute Gasteiger partial charge is 0.328 e. The van der Waals surface area contributed by atoms with Crippen LogP contribution in [0.1, 0.15) is 6.92 Å². The minimum atomic E-state index is -1.26. The van der Waals surface area contributed by atoms with E-state index >= 15 is 0 Å². The molecule has 1 aliphatic heterocycles. The van der Waals surface area contributed by atoms with Gasteiger partial charge >= 0.3 is 11.9 Å². The quantitative estimate of drug-likeness (QED) is 0.545. The number of para-hydroxylation sites is 1. The van der Waals surface area contributed by atoms with Crippen molar-refractivity contribution in [1.82, 2.24) is 9.88 Å². The van der Waals surface area contributed by atoms with Gasteiger partial charge in [0.05, 0.1) is 18.8 Å². The highest BCUT2D eigenvalue weighted by Gasteiger charge is 2.09. The van der Waals surface area contributed by atoms with Crippen LogP contribution in [0.2, 0.25) is 0 Å². The van der Waals surface area contributed by atoms with Crippen molar-refractivity contribution in [2.75, 3.05) is 25.0 Å². The van der Waals surface area contributed by atoms with E-state index in [9.17, 15) is 9.59 Å². The second-order valence-corrected chi connectivity index (χ2v) is 5.84. The molecule has 148 valence electrons. The standard InChI is InChI=1S/C16H20N4.C4H4O4/c1-2-20-11-5-8-15(20)13-6-3-4-7-14(13)19-12-16-17-9-10-18-16;5-3(6)1-2-4(7)8/h3-8,11,19H,2,9-10,12H2,1H3,(H,17,18);1-2H,(H,5,6)(H,7,8)/b;2-1+. The first-order valence-electron chi connectivity index (χ1n) is 8.90. The molecular formula is C20H24N4O4. The average molecular weight is 384 g/mol. The summed E-state index contributed by atoms with van der Waals surface area (Å²) in [7, 11) is 0. The minimum absolute atomic E-state index is 0.558. The summed E-state index contributed by atoms with van der Waals surface area (Å²) in [4.78, 5) is 23.5. The third-order valence-electron chi connectivity index (χ3n) is 3.93. The lowest BCUT2D eigenvalue weighted by Crippen LogP contribution is -2.26. The van der Waals surface area contributed by atoms with Gasteiger partial charge in [0, 0.05) is 42.7 Å². The van der Waals surface area contributed by atoms with E-state index in [2.05, 4.69) is 69.7 Å². The second kappa shape index (κ2) is 10.6. The summed E-state index contributed by atoms with van der Waals surface area (Å²) in [6, 6.07) is 12.7. The highest BCUT2D eigenvalue weighted by atomic mass is 16.4. The number of hydrogen-bond acceptors (Lipinski definition) is 5. The SMILES string of the molecule is CCn1cccc1-c1ccccc1NCC1=NCCN1.O=C(O)/C=C/C(=O)O. The maximum absolute atomic E-state index is 9.55. The van der Waals surface area contributed by atoms with Gasteiger partial charge in [-0.25, -0.2) is 9.59 Å². The van der Waals surface area contributed by atoms with E-state index in [0.29, 0.717) is 12.2 Å². The van der Waals surface area contributed by atoms with Crippen LogP contribution in [0.3, 0.4) is 0 Å². The van der Waals surface area contributed by atoms with Crippen LogP contribution < -0.4 is 10.6 Å². The van der Waals surface area contributed by atoms with E-state index in [1.807, 2.05) is 0 Å². The molecule has 3 rings (SSSR count). The fraction of sp³-hybridized carbons (Fsp3) is 0.250. The van der Waals surface area contributed by atoms with Gasteiger partial charge in [0.15, 0.2) is 0 Å². The number of carbonyl (C=O) groups is 2. The first kappa shape index (κ1) is 20.8. The fourth-order valence-electron chi connectivity index (χ4n) is 2.68. The van der Waals surface area contributed by atoms with Gasteiger partial charge in [-0.3, -0.25) is 4.99 Å². The predicted octanol–water partition coefficient (Wildman–Crippen LogP) is 2.30. The number of hydrogen-bond donors (Lipinski definition) is 4. The molecule has 0 fully saturated rings. The third kappa shape index (κ3) is 6.31. The van der Waals surface area contributed by atoms with E-state index < -0.39 is 11.9 Å². The molecule has 0 unspecified atom stereocenters. The number of nitrogens with zero attached hydrogens (tertiary/aromatic N) is 2. The zero-order valence-corrected chi connectivity index (χ0v) is 15.6. The Morgan fingerprint density at radius 1 is 1.18 bits per heavy atom. The monoisotopic (exact) mass is 384 g/mol. The number of amidine groups is 1. The van der Waals surface area contributed by atoms with Gasteiger partial charge in [-0.1, -0.05) is 18.2 Å². The Morgan fingerprint density at radius 2 is 1.89 bits per heavy atom. The van der Waals surface area contributed by atoms with Crippen molar-refractivity contribution in [2.45, 2.75) is 13.5 Å². The number of carboxylic acid groups (broad SMARTS) is 2. The summed E-state index contributed by atoms with van der Waals surface area (Å²) in [5.41, 5.74) is 3.63. The molecule has 28 heavy (non-hydrogen) atoms. The summed E-state index contributed by atoms with van der Waals surface area (Å²) < 4.78 is 2.26. The summed E-state index contributed by atoms with van der Waals surface area (Å²) in [6.07, 6.45) is 3.24. The van der Waals surface area contributed by atoms with Crippen LogP contribution >= 0.6 is 0 Å². The van der Waals surface area contributed by atoms with Crippen molar-refractivity contribution in [3.05, 3.63) is 54.7 Å². The first-order chi connectivity index (χ1) is 13.5. The Hall–Kier alpha value is -3.55. The number of nitrogens with one attached hydrogen (secondary N) is 2. The van der Waals surface area contributed by atoms with Crippen molar-refractivity contribution in [3.63, 3.8) is 0 Å². The van der Waals surface area contributed by atoms with E-state index in [0.717, 1.165) is 37.7 Å². The molecule has 0 radical (unpaired) electrons. The molecule has 8 heteroatoms. The van der Waals surface area contributed by atoms with Crippen molar-refractivity contribution >= 4 is 23.5 Å². The van der Waals surface area contributed by atoms with Crippen molar-refractivity contribution < 1.29 is 19.8 Å². The zero-order chi connectivity index (χ0) is 20.4. The predicted molar refractivity (Wildman–Crippen MR) is 109 cm³/mol. The Kier molecular flexibility index (Phi) is 7.83. The van der Waals surface area contributed by atoms with E-state index in [1.54, 1.807) is 0 Å². The molecule has 0 bridgehead atoms. The van der Waals surface area contributed by atoms with Crippen molar-refractivity contribution in [2.24, 2.45) is 4.99 Å². The molecule has 4 N–H and O–H groups in total. The summed E-state index contributed by atoms with van der Waals surface area (Å²) in [5.74, 6) is -1.47. The summed E-state index contributed by atoms with van der Waals surface area (Å²) >= 11 is 0. The van der Waals surface area contributed by atoms with Crippen LogP contribution in [0.15, 0.2) is 59.7 Å². The Balaban J connectivity index is 0.000000300. The van der Waals surface area contributed by atoms with Crippen molar-refractivity contribution in [3.8, 4) is 11.3 Å². The lowest BCUT2D eigenvalue weighted by molar-refractivity contribution is -0.134. The van der Waals surface area contributed by atoms with Crippen LogP contribution in [0.4, 0.5) is 5.69 Å². The largest absolute Gasteiger partial charge is 0.478 e. The van der Waals surface area contributed by atoms with E-state index in [4.69, 9.17) is 10.2 Å².